The molecule has 0 bridgehead atoms. The Balaban J connectivity index is 3.45. The Morgan fingerprint density at radius 1 is 1.13 bits per heavy atom. The van der Waals surface area contributed by atoms with Gasteiger partial charge in [0.05, 0.1) is 19.1 Å². The van der Waals surface area contributed by atoms with Crippen molar-refractivity contribution < 1.29 is 28.7 Å². The molecule has 0 heterocycles. The molecule has 0 aliphatic carbocycles. The third kappa shape index (κ3) is 10.8. The number of esters is 1. The van der Waals surface area contributed by atoms with Crippen LogP contribution in [0.25, 0.3) is 0 Å². The molecule has 0 aromatic heterocycles. The number of carbonyl (C=O) groups excluding carboxylic acids is 4. The zero-order valence-electron chi connectivity index (χ0n) is 23.8. The van der Waals surface area contributed by atoms with Crippen LogP contribution in [0.3, 0.4) is 0 Å². The molecule has 2 unspecified atom stereocenters. The molecule has 0 aliphatic heterocycles. The molecule has 38 heavy (non-hydrogen) atoms. The molecule has 0 saturated heterocycles. The summed E-state index contributed by atoms with van der Waals surface area (Å²) in [5.74, 6) is -1.58. The van der Waals surface area contributed by atoms with Gasteiger partial charge in [0.2, 0.25) is 11.8 Å². The van der Waals surface area contributed by atoms with Crippen LogP contribution in [0.15, 0.2) is 18.2 Å². The van der Waals surface area contributed by atoms with Gasteiger partial charge in [-0.05, 0) is 65.0 Å². The third-order valence-corrected chi connectivity index (χ3v) is 5.44. The minimum absolute atomic E-state index is 0.000798. The van der Waals surface area contributed by atoms with E-state index >= 15 is 0 Å². The van der Waals surface area contributed by atoms with Crippen molar-refractivity contribution in [2.75, 3.05) is 19.7 Å². The number of ether oxygens (including phenoxy) is 2. The van der Waals surface area contributed by atoms with Gasteiger partial charge in [-0.3, -0.25) is 14.4 Å². The highest BCUT2D eigenvalue weighted by atomic mass is 16.6. The maximum atomic E-state index is 13.9. The van der Waals surface area contributed by atoms with Crippen LogP contribution in [-0.4, -0.2) is 60.1 Å². The van der Waals surface area contributed by atoms with E-state index in [0.29, 0.717) is 5.56 Å². The molecule has 2 N–H and O–H groups in total. The standard InChI is InChI=1S/C28H42N4O6/c1-9-37-23(33)12-14-30-25(34)24(21-17-19(4)10-11-20(21)5)32(15-13-29)26(35)22(16-18(2)3)31-27(36)38-28(6,7)8/h10-11,17-18,22,24H,9,12,14-16H2,1-8H3,(H,30,34)(H,31,36). The zero-order chi connectivity index (χ0) is 29.0. The predicted octanol–water partition coefficient (Wildman–Crippen LogP) is 3.71. The normalized spacial score (nSPS) is 12.6. The summed E-state index contributed by atoms with van der Waals surface area (Å²) in [6.45, 7) is 14.1. The van der Waals surface area contributed by atoms with Crippen LogP contribution in [0.4, 0.5) is 4.79 Å². The summed E-state index contributed by atoms with van der Waals surface area (Å²) in [4.78, 5) is 53.0. The molecule has 1 rings (SSSR count). The van der Waals surface area contributed by atoms with Crippen LogP contribution in [0.5, 0.6) is 0 Å². The fourth-order valence-corrected chi connectivity index (χ4v) is 3.84. The lowest BCUT2D eigenvalue weighted by molar-refractivity contribution is -0.144. The quantitative estimate of drug-likeness (QED) is 0.310. The summed E-state index contributed by atoms with van der Waals surface area (Å²) in [6, 6.07) is 5.30. The summed E-state index contributed by atoms with van der Waals surface area (Å²) >= 11 is 0. The lowest BCUT2D eigenvalue weighted by Crippen LogP contribution is -2.53. The number of hydrogen-bond donors (Lipinski definition) is 2. The maximum absolute atomic E-state index is 13.9. The van der Waals surface area contributed by atoms with Crippen LogP contribution >= 0.6 is 0 Å². The second kappa shape index (κ2) is 15.0. The molecule has 0 spiro atoms. The number of rotatable bonds is 12. The number of aryl methyl sites for hydroxylation is 2. The van der Waals surface area contributed by atoms with Gasteiger partial charge in [0.15, 0.2) is 0 Å². The summed E-state index contributed by atoms with van der Waals surface area (Å²) < 4.78 is 10.3. The lowest BCUT2D eigenvalue weighted by atomic mass is 9.95. The van der Waals surface area contributed by atoms with Gasteiger partial charge in [0, 0.05) is 6.54 Å². The number of nitrogens with zero attached hydrogens (tertiary/aromatic N) is 2. The lowest BCUT2D eigenvalue weighted by Gasteiger charge is -2.34. The fourth-order valence-electron chi connectivity index (χ4n) is 3.84. The van der Waals surface area contributed by atoms with E-state index in [0.717, 1.165) is 11.1 Å². The van der Waals surface area contributed by atoms with Gasteiger partial charge in [-0.2, -0.15) is 5.26 Å². The minimum Gasteiger partial charge on any atom is -0.466 e. The average molecular weight is 531 g/mol. The van der Waals surface area contributed by atoms with Crippen LogP contribution in [0, 0.1) is 31.1 Å². The molecule has 210 valence electrons. The number of alkyl carbamates (subject to hydrolysis) is 1. The highest BCUT2D eigenvalue weighted by Gasteiger charge is 2.37. The number of nitrogens with one attached hydrogen (secondary N) is 2. The Hall–Kier alpha value is -3.61. The molecule has 2 atom stereocenters. The summed E-state index contributed by atoms with van der Waals surface area (Å²) in [7, 11) is 0. The van der Waals surface area contributed by atoms with Crippen molar-refractivity contribution in [3.05, 3.63) is 34.9 Å². The van der Waals surface area contributed by atoms with Gasteiger partial charge < -0.3 is 25.0 Å². The van der Waals surface area contributed by atoms with E-state index in [1.54, 1.807) is 33.8 Å². The largest absolute Gasteiger partial charge is 0.466 e. The molecule has 0 aliphatic rings. The van der Waals surface area contributed by atoms with Crippen LogP contribution in [-0.2, 0) is 23.9 Å². The molecular weight excluding hydrogens is 488 g/mol. The summed E-state index contributed by atoms with van der Waals surface area (Å²) in [5, 5.41) is 15.0. The smallest absolute Gasteiger partial charge is 0.408 e. The number of amides is 3. The molecule has 10 nitrogen and oxygen atoms in total. The Morgan fingerprint density at radius 2 is 1.79 bits per heavy atom. The van der Waals surface area contributed by atoms with Gasteiger partial charge in [-0.15, -0.1) is 0 Å². The highest BCUT2D eigenvalue weighted by Crippen LogP contribution is 2.27. The van der Waals surface area contributed by atoms with Crippen LogP contribution < -0.4 is 10.6 Å². The van der Waals surface area contributed by atoms with Crippen molar-refractivity contribution in [2.24, 2.45) is 5.92 Å². The topological polar surface area (TPSA) is 138 Å². The first kappa shape index (κ1) is 32.4. The second-order valence-electron chi connectivity index (χ2n) is 10.6. The van der Waals surface area contributed by atoms with Crippen molar-refractivity contribution in [3.63, 3.8) is 0 Å². The van der Waals surface area contributed by atoms with Gasteiger partial charge in [-0.1, -0.05) is 37.6 Å². The Morgan fingerprint density at radius 3 is 2.34 bits per heavy atom. The van der Waals surface area contributed by atoms with Gasteiger partial charge in [0.25, 0.3) is 0 Å². The van der Waals surface area contributed by atoms with E-state index in [1.807, 2.05) is 45.9 Å². The maximum Gasteiger partial charge on any atom is 0.408 e. The van der Waals surface area contributed by atoms with Crippen LogP contribution in [0.2, 0.25) is 0 Å². The Labute approximate surface area is 226 Å². The highest BCUT2D eigenvalue weighted by molar-refractivity contribution is 5.92. The number of benzene rings is 1. The fraction of sp³-hybridized carbons (Fsp3) is 0.607. The monoisotopic (exact) mass is 530 g/mol. The van der Waals surface area contributed by atoms with Crippen LogP contribution in [0.1, 0.15) is 77.1 Å². The molecule has 0 fully saturated rings. The predicted molar refractivity (Wildman–Crippen MR) is 143 cm³/mol. The summed E-state index contributed by atoms with van der Waals surface area (Å²) in [5.41, 5.74) is 1.38. The van der Waals surface area contributed by atoms with E-state index < -0.39 is 48.1 Å². The molecule has 1 aromatic rings. The van der Waals surface area contributed by atoms with Gasteiger partial charge >= 0.3 is 12.1 Å². The molecule has 0 saturated carbocycles. The number of hydrogen-bond acceptors (Lipinski definition) is 7. The third-order valence-electron chi connectivity index (χ3n) is 5.44. The van der Waals surface area contributed by atoms with Crippen molar-refractivity contribution in [3.8, 4) is 6.07 Å². The van der Waals surface area contributed by atoms with Crippen molar-refractivity contribution >= 4 is 23.9 Å². The van der Waals surface area contributed by atoms with E-state index in [1.165, 1.54) is 4.90 Å². The van der Waals surface area contributed by atoms with E-state index in [2.05, 4.69) is 10.6 Å². The first-order valence-electron chi connectivity index (χ1n) is 12.9. The number of nitriles is 1. The zero-order valence-corrected chi connectivity index (χ0v) is 23.8. The first-order valence-corrected chi connectivity index (χ1v) is 12.9. The molecular formula is C28H42N4O6. The average Bonchev–Trinajstić information content (AvgIpc) is 2.78. The van der Waals surface area contributed by atoms with E-state index in [9.17, 15) is 24.4 Å². The SMILES string of the molecule is CCOC(=O)CCNC(=O)C(c1cc(C)ccc1C)N(CC#N)C(=O)C(CC(C)C)NC(=O)OC(C)(C)C. The second-order valence-corrected chi connectivity index (χ2v) is 10.6. The van der Waals surface area contributed by atoms with Crippen molar-refractivity contribution in [1.82, 2.24) is 15.5 Å². The van der Waals surface area contributed by atoms with Gasteiger partial charge in [0.1, 0.15) is 24.2 Å². The molecule has 0 radical (unpaired) electrons. The number of carbonyl (C=O) groups is 4. The van der Waals surface area contributed by atoms with Crippen molar-refractivity contribution in [1.29, 1.82) is 5.26 Å². The van der Waals surface area contributed by atoms with E-state index in [4.69, 9.17) is 9.47 Å². The molecule has 10 heteroatoms. The Kier molecular flexibility index (Phi) is 12.8. The summed E-state index contributed by atoms with van der Waals surface area (Å²) in [6.07, 6.45) is -0.540. The molecule has 1 aromatic carbocycles. The Bertz CT molecular complexity index is 1030. The first-order chi connectivity index (χ1) is 17.7. The van der Waals surface area contributed by atoms with Gasteiger partial charge in [-0.25, -0.2) is 4.79 Å². The minimum atomic E-state index is -1.17. The van der Waals surface area contributed by atoms with Crippen molar-refractivity contribution in [2.45, 2.75) is 85.9 Å². The molecule has 3 amide bonds. The van der Waals surface area contributed by atoms with E-state index in [-0.39, 0.29) is 31.9 Å².